The van der Waals surface area contributed by atoms with Crippen molar-refractivity contribution >= 4 is 10.0 Å². The lowest BCUT2D eigenvalue weighted by Gasteiger charge is -2.27. The molecule has 0 radical (unpaired) electrons. The lowest BCUT2D eigenvalue weighted by atomic mass is 10.2. The van der Waals surface area contributed by atoms with E-state index < -0.39 is 10.0 Å². The number of hydrogen-bond donors (Lipinski definition) is 2. The van der Waals surface area contributed by atoms with Crippen LogP contribution in [-0.4, -0.2) is 40.7 Å². The summed E-state index contributed by atoms with van der Waals surface area (Å²) in [6.07, 6.45) is 3.18. The van der Waals surface area contributed by atoms with Gasteiger partial charge in [-0.3, -0.25) is 0 Å². The average Bonchev–Trinajstić information content (AvgIpc) is 2.48. The summed E-state index contributed by atoms with van der Waals surface area (Å²) >= 11 is 0. The Morgan fingerprint density at radius 3 is 2.57 bits per heavy atom. The molecule has 2 N–H and O–H groups in total. The highest BCUT2D eigenvalue weighted by Crippen LogP contribution is 2.25. The number of rotatable bonds is 6. The quantitative estimate of drug-likeness (QED) is 0.823. The normalized spacial score (nSPS) is 16.9. The van der Waals surface area contributed by atoms with E-state index in [1.54, 1.807) is 17.1 Å². The van der Waals surface area contributed by atoms with Gasteiger partial charge >= 0.3 is 0 Å². The van der Waals surface area contributed by atoms with Gasteiger partial charge in [0.15, 0.2) is 0 Å². The zero-order chi connectivity index (χ0) is 15.3. The van der Waals surface area contributed by atoms with Gasteiger partial charge in [0.2, 0.25) is 0 Å². The van der Waals surface area contributed by atoms with E-state index in [0.717, 1.165) is 37.9 Å². The molecular weight excluding hydrogens is 290 g/mol. The maximum atomic E-state index is 12.6. The van der Waals surface area contributed by atoms with Crippen molar-refractivity contribution in [1.82, 2.24) is 15.2 Å². The molecule has 0 aliphatic carbocycles. The molecule has 0 amide bonds. The van der Waals surface area contributed by atoms with E-state index in [1.165, 1.54) is 7.11 Å². The summed E-state index contributed by atoms with van der Waals surface area (Å²) in [4.78, 5) is 2.84. The van der Waals surface area contributed by atoms with Crippen LogP contribution in [0.4, 0.5) is 0 Å². The molecule has 2 rings (SSSR count). The third-order valence-electron chi connectivity index (χ3n) is 3.50. The first-order valence-corrected chi connectivity index (χ1v) is 8.64. The highest BCUT2D eigenvalue weighted by atomic mass is 32.2. The SMILES string of the molecule is CNCc1ccc(OC)c(S(=O)(=O)NN2CCCCC2)c1. The summed E-state index contributed by atoms with van der Waals surface area (Å²) in [5, 5.41) is 4.78. The highest BCUT2D eigenvalue weighted by molar-refractivity contribution is 7.89. The third kappa shape index (κ3) is 4.16. The Morgan fingerprint density at radius 2 is 1.95 bits per heavy atom. The van der Waals surface area contributed by atoms with Crippen LogP contribution >= 0.6 is 0 Å². The van der Waals surface area contributed by atoms with Gasteiger partial charge in [-0.1, -0.05) is 12.5 Å². The largest absolute Gasteiger partial charge is 0.495 e. The van der Waals surface area contributed by atoms with Crippen LogP contribution in [0, 0.1) is 0 Å². The second-order valence-corrected chi connectivity index (χ2v) is 6.79. The Kier molecular flexibility index (Phi) is 5.58. The topological polar surface area (TPSA) is 70.7 Å². The number of hydrogen-bond acceptors (Lipinski definition) is 5. The fourth-order valence-electron chi connectivity index (χ4n) is 2.45. The first kappa shape index (κ1) is 16.2. The summed E-state index contributed by atoms with van der Waals surface area (Å²) in [5.74, 6) is 0.361. The predicted molar refractivity (Wildman–Crippen MR) is 81.5 cm³/mol. The summed E-state index contributed by atoms with van der Waals surface area (Å²) in [5.41, 5.74) is 0.900. The molecular formula is C14H23N3O3S. The van der Waals surface area contributed by atoms with Crippen molar-refractivity contribution in [2.75, 3.05) is 27.2 Å². The van der Waals surface area contributed by atoms with E-state index in [4.69, 9.17) is 4.74 Å². The fraction of sp³-hybridized carbons (Fsp3) is 0.571. The lowest BCUT2D eigenvalue weighted by Crippen LogP contribution is -2.45. The summed E-state index contributed by atoms with van der Waals surface area (Å²) < 4.78 is 30.4. The first-order valence-electron chi connectivity index (χ1n) is 7.16. The Morgan fingerprint density at radius 1 is 1.24 bits per heavy atom. The van der Waals surface area contributed by atoms with E-state index in [1.807, 2.05) is 13.1 Å². The molecule has 0 bridgehead atoms. The zero-order valence-electron chi connectivity index (χ0n) is 12.6. The van der Waals surface area contributed by atoms with Gasteiger partial charge in [-0.25, -0.2) is 13.4 Å². The Bertz CT molecular complexity index is 569. The second kappa shape index (κ2) is 7.22. The maximum Gasteiger partial charge on any atom is 0.257 e. The molecule has 1 aromatic rings. The van der Waals surface area contributed by atoms with E-state index in [9.17, 15) is 8.42 Å². The predicted octanol–water partition coefficient (Wildman–Crippen LogP) is 1.09. The number of nitrogens with one attached hydrogen (secondary N) is 2. The Labute approximate surface area is 126 Å². The highest BCUT2D eigenvalue weighted by Gasteiger charge is 2.23. The van der Waals surface area contributed by atoms with Gasteiger partial charge < -0.3 is 10.1 Å². The van der Waals surface area contributed by atoms with Gasteiger partial charge in [0.25, 0.3) is 10.0 Å². The Balaban J connectivity index is 2.26. The first-order chi connectivity index (χ1) is 10.1. The number of ether oxygens (including phenoxy) is 1. The molecule has 21 heavy (non-hydrogen) atoms. The van der Waals surface area contributed by atoms with Crippen LogP contribution < -0.4 is 14.9 Å². The molecule has 1 aliphatic rings. The van der Waals surface area contributed by atoms with Crippen LogP contribution in [0.15, 0.2) is 23.1 Å². The minimum atomic E-state index is -3.62. The average molecular weight is 313 g/mol. The standard InChI is InChI=1S/C14H23N3O3S/c1-15-11-12-6-7-13(20-2)14(10-12)21(18,19)16-17-8-4-3-5-9-17/h6-7,10,15-16H,3-5,8-9,11H2,1-2H3. The second-order valence-electron chi connectivity index (χ2n) is 5.16. The Hall–Kier alpha value is -1.15. The number of nitrogens with zero attached hydrogens (tertiary/aromatic N) is 1. The lowest BCUT2D eigenvalue weighted by molar-refractivity contribution is 0.199. The van der Waals surface area contributed by atoms with Crippen LogP contribution in [0.25, 0.3) is 0 Å². The smallest absolute Gasteiger partial charge is 0.257 e. The maximum absolute atomic E-state index is 12.6. The van der Waals surface area contributed by atoms with E-state index in [0.29, 0.717) is 12.3 Å². The molecule has 1 fully saturated rings. The van der Waals surface area contributed by atoms with Crippen molar-refractivity contribution in [1.29, 1.82) is 0 Å². The minimum Gasteiger partial charge on any atom is -0.495 e. The van der Waals surface area contributed by atoms with Crippen molar-refractivity contribution in [3.8, 4) is 5.75 Å². The summed E-state index contributed by atoms with van der Waals surface area (Å²) in [6.45, 7) is 2.10. The van der Waals surface area contributed by atoms with Crippen molar-refractivity contribution in [2.45, 2.75) is 30.7 Å². The van der Waals surface area contributed by atoms with Gasteiger partial charge in [-0.2, -0.15) is 0 Å². The van der Waals surface area contributed by atoms with Crippen molar-refractivity contribution in [2.24, 2.45) is 0 Å². The van der Waals surface area contributed by atoms with Crippen molar-refractivity contribution < 1.29 is 13.2 Å². The summed E-state index contributed by atoms with van der Waals surface area (Å²) in [6, 6.07) is 5.20. The molecule has 118 valence electrons. The number of hydrazine groups is 1. The molecule has 1 aromatic carbocycles. The van der Waals surface area contributed by atoms with E-state index in [2.05, 4.69) is 10.1 Å². The van der Waals surface area contributed by atoms with Crippen LogP contribution in [0.2, 0.25) is 0 Å². The van der Waals surface area contributed by atoms with Crippen LogP contribution in [0.1, 0.15) is 24.8 Å². The van der Waals surface area contributed by atoms with Crippen LogP contribution in [-0.2, 0) is 16.6 Å². The van der Waals surface area contributed by atoms with E-state index >= 15 is 0 Å². The molecule has 1 heterocycles. The van der Waals surface area contributed by atoms with Crippen molar-refractivity contribution in [3.63, 3.8) is 0 Å². The molecule has 0 spiro atoms. The van der Waals surface area contributed by atoms with E-state index in [-0.39, 0.29) is 4.90 Å². The molecule has 0 saturated carbocycles. The number of methoxy groups -OCH3 is 1. The molecule has 7 heteroatoms. The molecule has 0 aromatic heterocycles. The van der Waals surface area contributed by atoms with Gasteiger partial charge in [0.05, 0.1) is 7.11 Å². The zero-order valence-corrected chi connectivity index (χ0v) is 13.4. The number of piperidine rings is 1. The molecule has 1 aliphatic heterocycles. The van der Waals surface area contributed by atoms with Crippen LogP contribution in [0.5, 0.6) is 5.75 Å². The third-order valence-corrected chi connectivity index (χ3v) is 4.90. The molecule has 6 nitrogen and oxygen atoms in total. The monoisotopic (exact) mass is 313 g/mol. The molecule has 0 atom stereocenters. The van der Waals surface area contributed by atoms with Gasteiger partial charge in [0, 0.05) is 19.6 Å². The molecule has 0 unspecified atom stereocenters. The number of sulfonamides is 1. The summed E-state index contributed by atoms with van der Waals surface area (Å²) in [7, 11) is -0.317. The van der Waals surface area contributed by atoms with Gasteiger partial charge in [-0.15, -0.1) is 4.83 Å². The van der Waals surface area contributed by atoms with Crippen LogP contribution in [0.3, 0.4) is 0 Å². The minimum absolute atomic E-state index is 0.184. The fourth-order valence-corrected chi connectivity index (χ4v) is 3.79. The van der Waals surface area contributed by atoms with Crippen molar-refractivity contribution in [3.05, 3.63) is 23.8 Å². The van der Waals surface area contributed by atoms with Gasteiger partial charge in [-0.05, 0) is 37.6 Å². The number of benzene rings is 1. The molecule has 1 saturated heterocycles. The van der Waals surface area contributed by atoms with Gasteiger partial charge in [0.1, 0.15) is 10.6 Å².